The molecule has 0 atom stereocenters. The van der Waals surface area contributed by atoms with Crippen molar-refractivity contribution in [1.82, 2.24) is 10.9 Å². The van der Waals surface area contributed by atoms with E-state index in [4.69, 9.17) is 9.47 Å². The Labute approximate surface area is 156 Å². The number of carbonyl (C=O) groups excluding carboxylic acids is 2. The highest BCUT2D eigenvalue weighted by Gasteiger charge is 2.17. The predicted octanol–water partition coefficient (Wildman–Crippen LogP) is 3.11. The lowest BCUT2D eigenvalue weighted by Crippen LogP contribution is -2.41. The summed E-state index contributed by atoms with van der Waals surface area (Å²) in [5.41, 5.74) is 6.57. The molecule has 2 N–H and O–H groups in total. The van der Waals surface area contributed by atoms with Crippen LogP contribution in [0, 0.1) is 0 Å². The second-order valence-electron chi connectivity index (χ2n) is 6.10. The summed E-state index contributed by atoms with van der Waals surface area (Å²) < 4.78 is 10.3. The number of hydrogen-bond acceptors (Lipinski definition) is 5. The molecule has 0 fully saturated rings. The molecule has 3 rings (SSSR count). The largest absolute Gasteiger partial charge is 0.493 e. The number of hydrogen-bond donors (Lipinski definition) is 2. The lowest BCUT2D eigenvalue weighted by Gasteiger charge is -2.10. The Morgan fingerprint density at radius 1 is 0.923 bits per heavy atom. The van der Waals surface area contributed by atoms with Crippen LogP contribution < -0.4 is 20.3 Å². The third kappa shape index (κ3) is 3.99. The monoisotopic (exact) mass is 374 g/mol. The van der Waals surface area contributed by atoms with E-state index in [1.54, 1.807) is 18.2 Å². The van der Waals surface area contributed by atoms with Gasteiger partial charge in [-0.1, -0.05) is 6.42 Å². The third-order valence-electron chi connectivity index (χ3n) is 4.41. The zero-order chi connectivity index (χ0) is 18.5. The van der Waals surface area contributed by atoms with Crippen molar-refractivity contribution in [2.24, 2.45) is 0 Å². The van der Waals surface area contributed by atoms with E-state index in [9.17, 15) is 9.59 Å². The van der Waals surface area contributed by atoms with Crippen molar-refractivity contribution in [3.8, 4) is 11.5 Å². The van der Waals surface area contributed by atoms with Gasteiger partial charge in [-0.05, 0) is 55.5 Å². The second-order valence-corrected chi connectivity index (χ2v) is 7.23. The average Bonchev–Trinajstić information content (AvgIpc) is 2.95. The van der Waals surface area contributed by atoms with Gasteiger partial charge in [0.15, 0.2) is 11.5 Å². The SMILES string of the molecule is COc1ccc(C(=O)NNC(=O)c2cc3c(s2)CCCCC3)cc1OC. The molecule has 2 amide bonds. The fourth-order valence-corrected chi connectivity index (χ4v) is 4.15. The van der Waals surface area contributed by atoms with Gasteiger partial charge < -0.3 is 9.47 Å². The van der Waals surface area contributed by atoms with E-state index in [-0.39, 0.29) is 5.91 Å². The van der Waals surface area contributed by atoms with Crippen LogP contribution in [0.3, 0.4) is 0 Å². The summed E-state index contributed by atoms with van der Waals surface area (Å²) in [6.45, 7) is 0. The van der Waals surface area contributed by atoms with E-state index in [0.717, 1.165) is 12.8 Å². The quantitative estimate of drug-likeness (QED) is 0.637. The number of thiophene rings is 1. The van der Waals surface area contributed by atoms with Crippen LogP contribution in [0.15, 0.2) is 24.3 Å². The number of fused-ring (bicyclic) bond motifs is 1. The summed E-state index contributed by atoms with van der Waals surface area (Å²) in [5, 5.41) is 0. The molecule has 0 radical (unpaired) electrons. The predicted molar refractivity (Wildman–Crippen MR) is 100 cm³/mol. The lowest BCUT2D eigenvalue weighted by atomic mass is 10.1. The van der Waals surface area contributed by atoms with Crippen LogP contribution in [-0.4, -0.2) is 26.0 Å². The number of methoxy groups -OCH3 is 2. The van der Waals surface area contributed by atoms with Gasteiger partial charge in [-0.15, -0.1) is 11.3 Å². The maximum absolute atomic E-state index is 12.3. The van der Waals surface area contributed by atoms with Gasteiger partial charge in [0.25, 0.3) is 11.8 Å². The van der Waals surface area contributed by atoms with Crippen molar-refractivity contribution in [3.05, 3.63) is 45.1 Å². The molecular formula is C19H22N2O4S. The molecule has 1 aliphatic carbocycles. The number of rotatable bonds is 4. The first-order valence-electron chi connectivity index (χ1n) is 8.56. The first-order chi connectivity index (χ1) is 12.6. The van der Waals surface area contributed by atoms with Crippen LogP contribution in [0.2, 0.25) is 0 Å². The van der Waals surface area contributed by atoms with Gasteiger partial charge in [-0.25, -0.2) is 0 Å². The van der Waals surface area contributed by atoms with Gasteiger partial charge in [0.1, 0.15) is 0 Å². The zero-order valence-electron chi connectivity index (χ0n) is 14.9. The number of hydrazine groups is 1. The molecule has 0 saturated heterocycles. The standard InChI is InChI=1S/C19H22N2O4S/c1-24-14-9-8-13(10-15(14)25-2)18(22)20-21-19(23)17-11-12-6-4-3-5-7-16(12)26-17/h8-11H,3-7H2,1-2H3,(H,20,22)(H,21,23). The summed E-state index contributed by atoms with van der Waals surface area (Å²) in [7, 11) is 3.03. The summed E-state index contributed by atoms with van der Waals surface area (Å²) in [4.78, 5) is 26.5. The minimum Gasteiger partial charge on any atom is -0.493 e. The maximum atomic E-state index is 12.3. The van der Waals surface area contributed by atoms with E-state index in [2.05, 4.69) is 10.9 Å². The molecule has 6 nitrogen and oxygen atoms in total. The third-order valence-corrected chi connectivity index (χ3v) is 5.64. The molecular weight excluding hydrogens is 352 g/mol. The molecule has 0 spiro atoms. The summed E-state index contributed by atoms with van der Waals surface area (Å²) in [6.07, 6.45) is 5.64. The molecule has 1 aromatic carbocycles. The van der Waals surface area contributed by atoms with Gasteiger partial charge >= 0.3 is 0 Å². The number of carbonyl (C=O) groups is 2. The molecule has 0 unspecified atom stereocenters. The van der Waals surface area contributed by atoms with Crippen molar-refractivity contribution in [2.75, 3.05) is 14.2 Å². The van der Waals surface area contributed by atoms with Crippen molar-refractivity contribution < 1.29 is 19.1 Å². The van der Waals surface area contributed by atoms with E-state index in [0.29, 0.717) is 21.9 Å². The van der Waals surface area contributed by atoms with E-state index >= 15 is 0 Å². The number of aryl methyl sites for hydroxylation is 2. The lowest BCUT2D eigenvalue weighted by molar-refractivity contribution is 0.0848. The fourth-order valence-electron chi connectivity index (χ4n) is 3.00. The van der Waals surface area contributed by atoms with E-state index in [1.807, 2.05) is 6.07 Å². The van der Waals surface area contributed by atoms with E-state index in [1.165, 1.54) is 55.3 Å². The minimum atomic E-state index is -0.419. The highest BCUT2D eigenvalue weighted by Crippen LogP contribution is 2.29. The Morgan fingerprint density at radius 3 is 2.42 bits per heavy atom. The summed E-state index contributed by atoms with van der Waals surface area (Å²) in [5.74, 6) is 0.274. The minimum absolute atomic E-state index is 0.295. The van der Waals surface area contributed by atoms with Crippen molar-refractivity contribution in [1.29, 1.82) is 0 Å². The topological polar surface area (TPSA) is 76.7 Å². The van der Waals surface area contributed by atoms with Gasteiger partial charge in [0.2, 0.25) is 0 Å². The first kappa shape index (κ1) is 18.3. The van der Waals surface area contributed by atoms with E-state index < -0.39 is 5.91 Å². The Kier molecular flexibility index (Phi) is 5.78. The second kappa shape index (κ2) is 8.23. The molecule has 138 valence electrons. The van der Waals surface area contributed by atoms with Gasteiger partial charge in [0, 0.05) is 10.4 Å². The van der Waals surface area contributed by atoms with Crippen molar-refractivity contribution >= 4 is 23.2 Å². The Hall–Kier alpha value is -2.54. The van der Waals surface area contributed by atoms with Crippen LogP contribution in [0.1, 0.15) is 49.7 Å². The first-order valence-corrected chi connectivity index (χ1v) is 9.38. The normalized spacial score (nSPS) is 13.3. The molecule has 7 heteroatoms. The van der Waals surface area contributed by atoms with Crippen molar-refractivity contribution in [2.45, 2.75) is 32.1 Å². The number of nitrogens with one attached hydrogen (secondary N) is 2. The highest BCUT2D eigenvalue weighted by atomic mass is 32.1. The highest BCUT2D eigenvalue weighted by molar-refractivity contribution is 7.14. The molecule has 1 aliphatic rings. The van der Waals surface area contributed by atoms with Crippen molar-refractivity contribution in [3.63, 3.8) is 0 Å². The molecule has 1 heterocycles. The maximum Gasteiger partial charge on any atom is 0.279 e. The van der Waals surface area contributed by atoms with Crippen LogP contribution in [0.4, 0.5) is 0 Å². The van der Waals surface area contributed by atoms with Crippen LogP contribution in [0.25, 0.3) is 0 Å². The molecule has 1 aromatic heterocycles. The summed E-state index contributed by atoms with van der Waals surface area (Å²) in [6, 6.07) is 6.76. The molecule has 26 heavy (non-hydrogen) atoms. The van der Waals surface area contributed by atoms with Crippen LogP contribution in [-0.2, 0) is 12.8 Å². The Bertz CT molecular complexity index is 792. The molecule has 0 saturated carbocycles. The molecule has 0 bridgehead atoms. The van der Waals surface area contributed by atoms with Crippen LogP contribution in [0.5, 0.6) is 11.5 Å². The Morgan fingerprint density at radius 2 is 1.65 bits per heavy atom. The van der Waals surface area contributed by atoms with Gasteiger partial charge in [-0.2, -0.15) is 0 Å². The average molecular weight is 374 g/mol. The molecule has 0 aliphatic heterocycles. The number of amides is 2. The number of benzene rings is 1. The summed E-state index contributed by atoms with van der Waals surface area (Å²) >= 11 is 1.52. The van der Waals surface area contributed by atoms with Gasteiger partial charge in [-0.3, -0.25) is 20.4 Å². The smallest absolute Gasteiger partial charge is 0.279 e. The molecule has 2 aromatic rings. The number of ether oxygens (including phenoxy) is 2. The fraction of sp³-hybridized carbons (Fsp3) is 0.368. The zero-order valence-corrected chi connectivity index (χ0v) is 15.7. The van der Waals surface area contributed by atoms with Crippen LogP contribution >= 0.6 is 11.3 Å². The van der Waals surface area contributed by atoms with Gasteiger partial charge in [0.05, 0.1) is 19.1 Å². The Balaban J connectivity index is 1.63.